The van der Waals surface area contributed by atoms with E-state index in [2.05, 4.69) is 0 Å². The smallest absolute Gasteiger partial charge is 0.197 e. The van der Waals surface area contributed by atoms with Crippen molar-refractivity contribution in [3.8, 4) is 0 Å². The molecule has 0 aromatic rings. The zero-order valence-electron chi connectivity index (χ0n) is 5.50. The molecule has 0 atom stereocenters. The summed E-state index contributed by atoms with van der Waals surface area (Å²) in [6.45, 7) is 0. The van der Waals surface area contributed by atoms with E-state index in [4.69, 9.17) is 0 Å². The summed E-state index contributed by atoms with van der Waals surface area (Å²) in [4.78, 5) is 0. The van der Waals surface area contributed by atoms with Gasteiger partial charge in [0, 0.05) is 0 Å². The lowest BCUT2D eigenvalue weighted by atomic mass is 16.0. The average Bonchev–Trinajstić information content (AvgIpc) is 0. The van der Waals surface area contributed by atoms with Gasteiger partial charge in [-0.3, -0.25) is 0 Å². The summed E-state index contributed by atoms with van der Waals surface area (Å²) in [5, 5.41) is 0. The van der Waals surface area contributed by atoms with E-state index in [9.17, 15) is 0 Å². The Morgan fingerprint density at radius 3 is 0.182 bits per heavy atom. The molecule has 11 heavy (non-hydrogen) atoms. The predicted molar refractivity (Wildman–Crippen MR) is 46.5 cm³/mol. The maximum Gasteiger partial charge on any atom is -0.197 e. The van der Waals surface area contributed by atoms with Crippen molar-refractivity contribution >= 4 is 13.5 Å². The molecule has 0 saturated carbocycles. The molecule has 0 saturated heterocycles. The van der Waals surface area contributed by atoms with Gasteiger partial charge in [-0.05, 0) is 0 Å². The van der Waals surface area contributed by atoms with Gasteiger partial charge in [-0.15, -0.1) is 0 Å². The van der Waals surface area contributed by atoms with Crippen LogP contribution in [0.5, 0.6) is 0 Å². The molecule has 10 nitrogen and oxygen atoms in total. The van der Waals surface area contributed by atoms with E-state index >= 15 is 0 Å². The summed E-state index contributed by atoms with van der Waals surface area (Å²) in [7, 11) is 0. The summed E-state index contributed by atoms with van der Waals surface area (Å²) in [6.07, 6.45) is 0. The molecule has 88 valence electrons. The Balaban J connectivity index is 0. The Labute approximate surface area is 69.4 Å². The molecule has 0 spiro atoms. The first-order valence-corrected chi connectivity index (χ1v) is 0. The summed E-state index contributed by atoms with van der Waals surface area (Å²) >= 11 is 0. The molecule has 0 unspecified atom stereocenters. The Morgan fingerprint density at radius 2 is 0.182 bits per heavy atom. The lowest BCUT2D eigenvalue weighted by Crippen LogP contribution is -0.290. The monoisotopic (exact) mass is 214 g/mol. The van der Waals surface area contributed by atoms with E-state index in [0.29, 0.717) is 0 Å². The van der Waals surface area contributed by atoms with Crippen LogP contribution in [0.15, 0.2) is 0 Å². The third-order valence-corrected chi connectivity index (χ3v) is 0. The van der Waals surface area contributed by atoms with Crippen LogP contribution in [0, 0.1) is 0 Å². The summed E-state index contributed by atoms with van der Waals surface area (Å²) in [5.41, 5.74) is 0. The summed E-state index contributed by atoms with van der Waals surface area (Å²) in [6, 6.07) is 0. The molecule has 20 N–H and O–H groups in total. The standard InChI is InChI=1S/10H2O.H2S/h11*1H2. The van der Waals surface area contributed by atoms with Crippen LogP contribution in [0.2, 0.25) is 0 Å². The first-order chi connectivity index (χ1) is 0. The van der Waals surface area contributed by atoms with Crippen LogP contribution >= 0.6 is 13.5 Å². The Kier molecular flexibility index (Phi) is 12600000000. The zero-order valence-corrected chi connectivity index (χ0v) is 6.50. The van der Waals surface area contributed by atoms with Crippen molar-refractivity contribution in [1.29, 1.82) is 0 Å². The Morgan fingerprint density at radius 1 is 0.182 bits per heavy atom. The van der Waals surface area contributed by atoms with E-state index in [0.717, 1.165) is 0 Å². The second-order valence-corrected chi connectivity index (χ2v) is 0. The Bertz CT molecular complexity index is 4.83. The molecule has 0 heterocycles. The average molecular weight is 214 g/mol. The molecule has 0 aromatic carbocycles. The summed E-state index contributed by atoms with van der Waals surface area (Å²) in [5.74, 6) is 0. The van der Waals surface area contributed by atoms with Gasteiger partial charge in [-0.1, -0.05) is 0 Å². The van der Waals surface area contributed by atoms with Gasteiger partial charge in [0.25, 0.3) is 0 Å². The van der Waals surface area contributed by atoms with E-state index in [-0.39, 0.29) is 68.3 Å². The molecule has 0 aliphatic carbocycles. The highest BCUT2D eigenvalue weighted by Gasteiger charge is -0.197. The van der Waals surface area contributed by atoms with E-state index in [1.54, 1.807) is 0 Å². The van der Waals surface area contributed by atoms with Crippen LogP contribution in [0.3, 0.4) is 0 Å². The molecule has 0 aromatic heterocycles. The Hall–Kier alpha value is -0.0500. The maximum atomic E-state index is 0. The highest BCUT2D eigenvalue weighted by molar-refractivity contribution is 7.59. The third kappa shape index (κ3) is 252000. The second-order valence-electron chi connectivity index (χ2n) is 0. The molecule has 0 fully saturated rings. The number of rotatable bonds is 0. The highest BCUT2D eigenvalue weighted by Crippen LogP contribution is 0.648. The fraction of sp³-hybridized carbons (Fsp3) is 0. The van der Waals surface area contributed by atoms with Gasteiger partial charge in [0.05, 0.1) is 0 Å². The first kappa shape index (κ1) is 434000. The minimum atomic E-state index is 0. The maximum absolute atomic E-state index is 0. The quantitative estimate of drug-likeness (QED) is 0.362. The van der Waals surface area contributed by atoms with Crippen molar-refractivity contribution in [2.45, 2.75) is 0 Å². The van der Waals surface area contributed by atoms with Gasteiger partial charge in [0.2, 0.25) is 0 Å². The van der Waals surface area contributed by atoms with Gasteiger partial charge in [0.1, 0.15) is 0 Å². The largest absolute Gasteiger partial charge is 0.412 e. The SMILES string of the molecule is O.O.O.O.O.O.O.O.O.O.S. The third-order valence-electron chi connectivity index (χ3n) is 0. The zero-order chi connectivity index (χ0) is 0. The van der Waals surface area contributed by atoms with Crippen LogP contribution < -0.4 is 0 Å². The van der Waals surface area contributed by atoms with Gasteiger partial charge < -0.3 is 54.8 Å². The molecular formula is H22O10S. The van der Waals surface area contributed by atoms with E-state index in [1.807, 2.05) is 0 Å². The van der Waals surface area contributed by atoms with Crippen LogP contribution in [-0.4, -0.2) is 54.8 Å². The minimum absolute atomic E-state index is 0. The lowest BCUT2D eigenvalue weighted by Gasteiger charge is -0.413. The van der Waals surface area contributed by atoms with Crippen molar-refractivity contribution in [2.24, 2.45) is 0 Å². The van der Waals surface area contributed by atoms with Crippen molar-refractivity contribution < 1.29 is 54.8 Å². The lowest BCUT2D eigenvalue weighted by molar-refractivity contribution is 0.823. The summed E-state index contributed by atoms with van der Waals surface area (Å²) < 4.78 is 0. The van der Waals surface area contributed by atoms with Crippen molar-refractivity contribution in [2.75, 3.05) is 0 Å². The van der Waals surface area contributed by atoms with Crippen LogP contribution in [-0.2, 0) is 0 Å². The molecule has 0 bridgehead atoms. The first-order valence-electron chi connectivity index (χ1n) is 0. The highest BCUT2D eigenvalue weighted by atomic mass is 32.1. The van der Waals surface area contributed by atoms with Gasteiger partial charge in [-0.2, -0.15) is 13.5 Å². The normalized spacial score (nSPS) is 0. The minimum Gasteiger partial charge on any atom is -0.412 e. The molecule has 0 amide bonds. The molecular weight excluding hydrogens is 192 g/mol. The molecule has 0 aliphatic heterocycles. The van der Waals surface area contributed by atoms with Gasteiger partial charge in [0.15, 0.2) is 0 Å². The van der Waals surface area contributed by atoms with E-state index in [1.165, 1.54) is 0 Å². The van der Waals surface area contributed by atoms with E-state index < -0.39 is 0 Å². The van der Waals surface area contributed by atoms with Crippen LogP contribution in [0.25, 0.3) is 0 Å². The molecule has 0 aliphatic rings. The molecule has 0 rings (SSSR count). The molecule has 0 radical (unpaired) electrons. The second kappa shape index (κ2) is 319000. The van der Waals surface area contributed by atoms with Crippen molar-refractivity contribution in [1.82, 2.24) is 0 Å². The molecule has 11 heteroatoms. The fourth-order valence-electron chi connectivity index (χ4n) is 0. The topological polar surface area (TPSA) is 315 Å². The van der Waals surface area contributed by atoms with Gasteiger partial charge in [-0.25, -0.2) is 0 Å². The van der Waals surface area contributed by atoms with Gasteiger partial charge >= 0.3 is 0 Å². The van der Waals surface area contributed by atoms with Crippen molar-refractivity contribution in [3.05, 3.63) is 0 Å². The number of hydrogen-bond acceptors (Lipinski definition) is 0. The fourth-order valence-corrected chi connectivity index (χ4v) is 0. The van der Waals surface area contributed by atoms with Crippen LogP contribution in [0.4, 0.5) is 0 Å². The number of hydrogen-bond donors (Lipinski definition) is 0. The van der Waals surface area contributed by atoms with Crippen molar-refractivity contribution in [3.63, 3.8) is 0 Å². The predicted octanol–water partition coefficient (Wildman–Crippen LogP) is -8.13. The van der Waals surface area contributed by atoms with Crippen LogP contribution in [0.1, 0.15) is 0 Å².